The monoisotopic (exact) mass is 214 g/mol. The van der Waals surface area contributed by atoms with E-state index in [4.69, 9.17) is 5.73 Å². The van der Waals surface area contributed by atoms with Gasteiger partial charge in [-0.05, 0) is 26.7 Å². The number of amides is 1. The Bertz CT molecular complexity index is 169. The van der Waals surface area contributed by atoms with E-state index in [1.54, 1.807) is 0 Å². The minimum atomic E-state index is 0.117. The summed E-state index contributed by atoms with van der Waals surface area (Å²) in [6.07, 6.45) is 6.08. The summed E-state index contributed by atoms with van der Waals surface area (Å²) < 4.78 is 0. The van der Waals surface area contributed by atoms with Crippen LogP contribution in [0.25, 0.3) is 0 Å². The highest BCUT2D eigenvalue weighted by Crippen LogP contribution is 2.03. The fourth-order valence-corrected chi connectivity index (χ4v) is 1.48. The Morgan fingerprint density at radius 3 is 2.47 bits per heavy atom. The van der Waals surface area contributed by atoms with Gasteiger partial charge < -0.3 is 11.1 Å². The van der Waals surface area contributed by atoms with Crippen LogP contribution in [0.2, 0.25) is 0 Å². The van der Waals surface area contributed by atoms with Crippen LogP contribution in [-0.4, -0.2) is 18.0 Å². The summed E-state index contributed by atoms with van der Waals surface area (Å²) in [5, 5.41) is 3.00. The number of hydrogen-bond donors (Lipinski definition) is 2. The van der Waals surface area contributed by atoms with Gasteiger partial charge in [0.1, 0.15) is 0 Å². The molecule has 3 nitrogen and oxygen atoms in total. The second-order valence-electron chi connectivity index (χ2n) is 4.48. The van der Waals surface area contributed by atoms with Gasteiger partial charge in [-0.1, -0.05) is 26.2 Å². The maximum absolute atomic E-state index is 11.4. The predicted octanol–water partition coefficient (Wildman–Crippen LogP) is 2.20. The van der Waals surface area contributed by atoms with E-state index in [1.807, 2.05) is 6.92 Å². The van der Waals surface area contributed by atoms with E-state index in [-0.39, 0.29) is 11.9 Å². The smallest absolute Gasteiger partial charge is 0.220 e. The number of rotatable bonds is 8. The standard InChI is InChI=1S/C12H26N2O/c1-4-5-6-7-11(3)14-12(15)9-8-10(2)13/h10-11H,4-9,13H2,1-3H3,(H,14,15). The average Bonchev–Trinajstić information content (AvgIpc) is 2.15. The van der Waals surface area contributed by atoms with Crippen molar-refractivity contribution in [2.75, 3.05) is 0 Å². The first-order valence-corrected chi connectivity index (χ1v) is 6.11. The third-order valence-corrected chi connectivity index (χ3v) is 2.47. The zero-order valence-corrected chi connectivity index (χ0v) is 10.4. The van der Waals surface area contributed by atoms with E-state index in [2.05, 4.69) is 19.2 Å². The second-order valence-corrected chi connectivity index (χ2v) is 4.48. The molecule has 0 aliphatic rings. The molecule has 90 valence electrons. The van der Waals surface area contributed by atoms with Gasteiger partial charge in [0.25, 0.3) is 0 Å². The molecule has 0 saturated heterocycles. The molecule has 3 N–H and O–H groups in total. The Morgan fingerprint density at radius 2 is 1.93 bits per heavy atom. The van der Waals surface area contributed by atoms with E-state index >= 15 is 0 Å². The number of carbonyl (C=O) groups excluding carboxylic acids is 1. The molecule has 0 heterocycles. The molecule has 0 aliphatic heterocycles. The van der Waals surface area contributed by atoms with Crippen molar-refractivity contribution in [3.8, 4) is 0 Å². The highest BCUT2D eigenvalue weighted by atomic mass is 16.1. The van der Waals surface area contributed by atoms with Crippen molar-refractivity contribution in [1.29, 1.82) is 0 Å². The third kappa shape index (κ3) is 9.73. The molecule has 0 saturated carbocycles. The molecule has 2 atom stereocenters. The Balaban J connectivity index is 3.49. The van der Waals surface area contributed by atoms with Gasteiger partial charge >= 0.3 is 0 Å². The van der Waals surface area contributed by atoms with Crippen molar-refractivity contribution < 1.29 is 4.79 Å². The summed E-state index contributed by atoms with van der Waals surface area (Å²) in [6.45, 7) is 6.18. The van der Waals surface area contributed by atoms with Gasteiger partial charge in [-0.3, -0.25) is 4.79 Å². The third-order valence-electron chi connectivity index (χ3n) is 2.47. The number of nitrogens with one attached hydrogen (secondary N) is 1. The fraction of sp³-hybridized carbons (Fsp3) is 0.917. The SMILES string of the molecule is CCCCCC(C)NC(=O)CCC(C)N. The van der Waals surface area contributed by atoms with Crippen LogP contribution in [0.15, 0.2) is 0 Å². The minimum Gasteiger partial charge on any atom is -0.354 e. The lowest BCUT2D eigenvalue weighted by Gasteiger charge is -2.14. The lowest BCUT2D eigenvalue weighted by molar-refractivity contribution is -0.121. The predicted molar refractivity (Wildman–Crippen MR) is 64.6 cm³/mol. The molecule has 1 amide bonds. The average molecular weight is 214 g/mol. The highest BCUT2D eigenvalue weighted by Gasteiger charge is 2.07. The van der Waals surface area contributed by atoms with Gasteiger partial charge in [-0.2, -0.15) is 0 Å². The van der Waals surface area contributed by atoms with Crippen LogP contribution >= 0.6 is 0 Å². The van der Waals surface area contributed by atoms with Gasteiger partial charge in [0.2, 0.25) is 5.91 Å². The maximum Gasteiger partial charge on any atom is 0.220 e. The number of carbonyl (C=O) groups is 1. The Morgan fingerprint density at radius 1 is 1.27 bits per heavy atom. The molecule has 0 aromatic carbocycles. The first kappa shape index (κ1) is 14.4. The summed E-state index contributed by atoms with van der Waals surface area (Å²) in [5.41, 5.74) is 5.59. The molecule has 0 aromatic heterocycles. The van der Waals surface area contributed by atoms with E-state index in [0.29, 0.717) is 12.5 Å². The van der Waals surface area contributed by atoms with Gasteiger partial charge in [-0.25, -0.2) is 0 Å². The van der Waals surface area contributed by atoms with E-state index < -0.39 is 0 Å². The minimum absolute atomic E-state index is 0.117. The molecule has 0 rings (SSSR count). The topological polar surface area (TPSA) is 55.1 Å². The molecule has 0 spiro atoms. The van der Waals surface area contributed by atoms with Crippen LogP contribution < -0.4 is 11.1 Å². The molecule has 0 aliphatic carbocycles. The van der Waals surface area contributed by atoms with Gasteiger partial charge in [0, 0.05) is 18.5 Å². The molecule has 0 fully saturated rings. The van der Waals surface area contributed by atoms with Crippen LogP contribution in [0.3, 0.4) is 0 Å². The summed E-state index contributed by atoms with van der Waals surface area (Å²) in [7, 11) is 0. The van der Waals surface area contributed by atoms with Crippen LogP contribution in [0.1, 0.15) is 59.3 Å². The summed E-state index contributed by atoms with van der Waals surface area (Å²) in [5.74, 6) is 0.135. The lowest BCUT2D eigenvalue weighted by Crippen LogP contribution is -2.33. The second kappa shape index (κ2) is 8.72. The van der Waals surface area contributed by atoms with Crippen molar-refractivity contribution in [1.82, 2.24) is 5.32 Å². The molecular formula is C12H26N2O. The van der Waals surface area contributed by atoms with Crippen LogP contribution in [0.5, 0.6) is 0 Å². The highest BCUT2D eigenvalue weighted by molar-refractivity contribution is 5.76. The van der Waals surface area contributed by atoms with E-state index in [1.165, 1.54) is 19.3 Å². The summed E-state index contributed by atoms with van der Waals surface area (Å²) >= 11 is 0. The van der Waals surface area contributed by atoms with Crippen molar-refractivity contribution in [3.63, 3.8) is 0 Å². The molecule has 0 aromatic rings. The fourth-order valence-electron chi connectivity index (χ4n) is 1.48. The summed E-state index contributed by atoms with van der Waals surface area (Å²) in [4.78, 5) is 11.4. The van der Waals surface area contributed by atoms with Crippen molar-refractivity contribution in [2.24, 2.45) is 5.73 Å². The van der Waals surface area contributed by atoms with Crippen molar-refractivity contribution in [2.45, 2.75) is 71.4 Å². The molecular weight excluding hydrogens is 188 g/mol. The largest absolute Gasteiger partial charge is 0.354 e. The quantitative estimate of drug-likeness (QED) is 0.609. The summed E-state index contributed by atoms with van der Waals surface area (Å²) in [6, 6.07) is 0.420. The lowest BCUT2D eigenvalue weighted by atomic mass is 10.1. The zero-order chi connectivity index (χ0) is 11.7. The van der Waals surface area contributed by atoms with Gasteiger partial charge in [-0.15, -0.1) is 0 Å². The van der Waals surface area contributed by atoms with E-state index in [9.17, 15) is 4.79 Å². The number of nitrogens with two attached hydrogens (primary N) is 1. The van der Waals surface area contributed by atoms with Crippen LogP contribution in [0.4, 0.5) is 0 Å². The molecule has 0 bridgehead atoms. The van der Waals surface area contributed by atoms with Crippen LogP contribution in [-0.2, 0) is 4.79 Å². The van der Waals surface area contributed by atoms with Crippen LogP contribution in [0, 0.1) is 0 Å². The zero-order valence-electron chi connectivity index (χ0n) is 10.4. The molecule has 3 heteroatoms. The maximum atomic E-state index is 11.4. The molecule has 0 radical (unpaired) electrons. The van der Waals surface area contributed by atoms with Crippen molar-refractivity contribution >= 4 is 5.91 Å². The Kier molecular flexibility index (Phi) is 8.38. The molecule has 2 unspecified atom stereocenters. The number of hydrogen-bond acceptors (Lipinski definition) is 2. The number of unbranched alkanes of at least 4 members (excludes halogenated alkanes) is 2. The first-order chi connectivity index (χ1) is 7.06. The Hall–Kier alpha value is -0.570. The molecule has 15 heavy (non-hydrogen) atoms. The normalized spacial score (nSPS) is 14.7. The van der Waals surface area contributed by atoms with E-state index in [0.717, 1.165) is 12.8 Å². The Labute approximate surface area is 93.8 Å². The first-order valence-electron chi connectivity index (χ1n) is 6.11. The van der Waals surface area contributed by atoms with Gasteiger partial charge in [0.05, 0.1) is 0 Å². The van der Waals surface area contributed by atoms with Gasteiger partial charge in [0.15, 0.2) is 0 Å². The van der Waals surface area contributed by atoms with Crippen molar-refractivity contribution in [3.05, 3.63) is 0 Å².